The maximum absolute atomic E-state index is 13.2. The molecule has 2 aromatic rings. The van der Waals surface area contributed by atoms with Crippen LogP contribution in [0.1, 0.15) is 94.1 Å². The van der Waals surface area contributed by atoms with Gasteiger partial charge >= 0.3 is 17.9 Å². The predicted octanol–water partition coefficient (Wildman–Crippen LogP) is 3.24. The molecule has 0 spiro atoms. The van der Waals surface area contributed by atoms with Crippen molar-refractivity contribution >= 4 is 42.0 Å². The lowest BCUT2D eigenvalue weighted by molar-refractivity contribution is -0.171. The summed E-state index contributed by atoms with van der Waals surface area (Å²) in [5.74, 6) is -6.08. The Balaban J connectivity index is 2.13. The van der Waals surface area contributed by atoms with Crippen molar-refractivity contribution in [1.82, 2.24) is 21.0 Å². The van der Waals surface area contributed by atoms with Gasteiger partial charge in [0.05, 0.1) is 43.1 Å². The van der Waals surface area contributed by atoms with Gasteiger partial charge in [-0.2, -0.15) is 0 Å². The number of hydrogen-bond donors (Lipinski definition) is 5. The molecular weight excluding hydrogens is 684 g/mol. The fourth-order valence-corrected chi connectivity index (χ4v) is 5.05. The van der Waals surface area contributed by atoms with Crippen molar-refractivity contribution in [3.63, 3.8) is 0 Å². The van der Waals surface area contributed by atoms with Crippen molar-refractivity contribution in [1.29, 1.82) is 0 Å². The molecule has 0 aliphatic carbocycles. The first-order chi connectivity index (χ1) is 24.8. The summed E-state index contributed by atoms with van der Waals surface area (Å²) in [5, 5.41) is 27.3. The lowest BCUT2D eigenvalue weighted by Crippen LogP contribution is -2.47. The van der Waals surface area contributed by atoms with Crippen molar-refractivity contribution in [3.05, 3.63) is 41.7 Å². The highest BCUT2D eigenvalue weighted by Gasteiger charge is 2.31. The number of amides is 4. The Bertz CT molecular complexity index is 1540. The second-order valence-electron chi connectivity index (χ2n) is 11.9. The fraction of sp³-hybridized carbons (Fsp3) is 0.514. The summed E-state index contributed by atoms with van der Waals surface area (Å²) in [6.07, 6.45) is 2.74. The maximum Gasteiger partial charge on any atom is 0.332 e. The number of benzene rings is 1. The number of nitrogens with zero attached hydrogens (tertiary/aromatic N) is 1. The number of hydroxylamine groups is 2. The van der Waals surface area contributed by atoms with Gasteiger partial charge in [-0.1, -0.05) is 53.0 Å². The lowest BCUT2D eigenvalue weighted by atomic mass is 9.90. The molecule has 5 N–H and O–H groups in total. The zero-order chi connectivity index (χ0) is 38.8. The summed E-state index contributed by atoms with van der Waals surface area (Å²) >= 11 is 0. The first-order valence-corrected chi connectivity index (χ1v) is 17.0. The summed E-state index contributed by atoms with van der Waals surface area (Å²) in [6.45, 7) is 7.70. The number of carboxylic acid groups (broad SMARTS) is 1. The zero-order valence-corrected chi connectivity index (χ0v) is 30.0. The Morgan fingerprint density at radius 1 is 0.942 bits per heavy atom. The number of ether oxygens (including phenoxy) is 3. The van der Waals surface area contributed by atoms with Gasteiger partial charge in [0.2, 0.25) is 19.1 Å². The van der Waals surface area contributed by atoms with Crippen molar-refractivity contribution in [2.24, 2.45) is 11.8 Å². The van der Waals surface area contributed by atoms with E-state index in [0.717, 1.165) is 12.8 Å². The molecule has 0 aliphatic heterocycles. The highest BCUT2D eigenvalue weighted by molar-refractivity contribution is 6.00. The first-order valence-electron chi connectivity index (χ1n) is 17.0. The van der Waals surface area contributed by atoms with Gasteiger partial charge in [-0.3, -0.25) is 34.0 Å². The topological polar surface area (TPSA) is 240 Å². The average Bonchev–Trinajstić information content (AvgIpc) is 3.61. The normalized spacial score (nSPS) is 12.5. The standard InChI is InChI=1S/C35H48N4O13/c1-6-9-10-11-23(26(7-2)39(48)19-40)31(43)36-18-37-33(45)28-15-14-27(52-28)22-12-13-24(29(16-22)49-8-3)32(44)38-25(17-30(41)42)35(47)51-20-50-34(46)21(4)5/h12-16,19,21,23,25-26,48H,6-11,17-18,20H2,1-5H3,(H,36,43)(H,37,45)(H,38,44)(H,41,42). The lowest BCUT2D eigenvalue weighted by Gasteiger charge is -2.29. The van der Waals surface area contributed by atoms with Gasteiger partial charge in [0.1, 0.15) is 17.6 Å². The van der Waals surface area contributed by atoms with E-state index in [2.05, 4.69) is 16.0 Å². The monoisotopic (exact) mass is 732 g/mol. The van der Waals surface area contributed by atoms with Crippen LogP contribution in [0.5, 0.6) is 5.75 Å². The van der Waals surface area contributed by atoms with Crippen LogP contribution in [0, 0.1) is 11.8 Å². The Hall–Kier alpha value is -5.45. The molecule has 0 radical (unpaired) electrons. The van der Waals surface area contributed by atoms with Gasteiger partial charge in [-0.05, 0) is 44.0 Å². The van der Waals surface area contributed by atoms with E-state index < -0.39 is 72.8 Å². The molecule has 286 valence electrons. The molecule has 0 fully saturated rings. The van der Waals surface area contributed by atoms with Gasteiger partial charge in [-0.25, -0.2) is 9.86 Å². The number of hydrogen-bond acceptors (Lipinski definition) is 12. The summed E-state index contributed by atoms with van der Waals surface area (Å²) in [5.41, 5.74) is 0.362. The number of carbonyl (C=O) groups is 7. The minimum absolute atomic E-state index is 0.0453. The molecular formula is C35H48N4O13. The van der Waals surface area contributed by atoms with Crippen molar-refractivity contribution in [3.8, 4) is 17.1 Å². The SMILES string of the molecule is CCCCCC(C(=O)NCNC(=O)c1ccc(-c2ccc(C(=O)NC(CC(=O)O)C(=O)OCOC(=O)C(C)C)c(OCC)c2)o1)C(CC)N(O)C=O. The van der Waals surface area contributed by atoms with Crippen LogP contribution in [0.3, 0.4) is 0 Å². The second-order valence-corrected chi connectivity index (χ2v) is 11.9. The summed E-state index contributed by atoms with van der Waals surface area (Å²) in [4.78, 5) is 85.8. The van der Waals surface area contributed by atoms with E-state index in [0.29, 0.717) is 29.9 Å². The van der Waals surface area contributed by atoms with E-state index in [1.54, 1.807) is 27.7 Å². The molecule has 0 saturated heterocycles. The molecule has 3 unspecified atom stereocenters. The Morgan fingerprint density at radius 3 is 2.27 bits per heavy atom. The van der Waals surface area contributed by atoms with Crippen LogP contribution in [-0.2, 0) is 33.4 Å². The fourth-order valence-electron chi connectivity index (χ4n) is 5.05. The van der Waals surface area contributed by atoms with E-state index in [1.165, 1.54) is 30.3 Å². The van der Waals surface area contributed by atoms with Crippen molar-refractivity contribution in [2.45, 2.75) is 85.2 Å². The third kappa shape index (κ3) is 13.0. The van der Waals surface area contributed by atoms with Gasteiger partial charge in [0.25, 0.3) is 11.8 Å². The van der Waals surface area contributed by atoms with E-state index in [4.69, 9.17) is 18.6 Å². The van der Waals surface area contributed by atoms with Crippen LogP contribution in [-0.4, -0.2) is 89.6 Å². The maximum atomic E-state index is 13.2. The third-order valence-corrected chi connectivity index (χ3v) is 7.78. The molecule has 0 saturated carbocycles. The van der Waals surface area contributed by atoms with Gasteiger partial charge in [0, 0.05) is 5.56 Å². The number of nitrogens with one attached hydrogen (secondary N) is 3. The minimum Gasteiger partial charge on any atom is -0.493 e. The number of furan rings is 1. The molecule has 2 rings (SSSR count). The number of carbonyl (C=O) groups excluding carboxylic acids is 6. The quantitative estimate of drug-likeness (QED) is 0.0276. The Kier molecular flexibility index (Phi) is 17.8. The number of aliphatic carboxylic acids is 1. The molecule has 1 aromatic carbocycles. The van der Waals surface area contributed by atoms with Crippen LogP contribution in [0.4, 0.5) is 0 Å². The van der Waals surface area contributed by atoms with Crippen LogP contribution < -0.4 is 20.7 Å². The first kappa shape index (κ1) is 42.7. The molecule has 17 heteroatoms. The highest BCUT2D eigenvalue weighted by atomic mass is 16.7. The molecule has 52 heavy (non-hydrogen) atoms. The van der Waals surface area contributed by atoms with E-state index in [-0.39, 0.29) is 42.5 Å². The molecule has 17 nitrogen and oxygen atoms in total. The summed E-state index contributed by atoms with van der Waals surface area (Å²) in [6, 6.07) is 4.87. The van der Waals surface area contributed by atoms with E-state index >= 15 is 0 Å². The molecule has 1 aromatic heterocycles. The molecule has 0 bridgehead atoms. The number of rotatable bonds is 23. The van der Waals surface area contributed by atoms with Crippen LogP contribution in [0.15, 0.2) is 34.7 Å². The Morgan fingerprint density at radius 2 is 1.65 bits per heavy atom. The average molecular weight is 733 g/mol. The van der Waals surface area contributed by atoms with Crippen LogP contribution >= 0.6 is 0 Å². The second kappa shape index (κ2) is 21.7. The minimum atomic E-state index is -1.62. The number of esters is 2. The number of unbranched alkanes of at least 4 members (excludes halogenated alkanes) is 2. The van der Waals surface area contributed by atoms with Crippen LogP contribution in [0.2, 0.25) is 0 Å². The summed E-state index contributed by atoms with van der Waals surface area (Å²) < 4.78 is 21.0. The largest absolute Gasteiger partial charge is 0.493 e. The third-order valence-electron chi connectivity index (χ3n) is 7.78. The summed E-state index contributed by atoms with van der Waals surface area (Å²) in [7, 11) is 0. The van der Waals surface area contributed by atoms with Gasteiger partial charge in [-0.15, -0.1) is 0 Å². The Labute approximate surface area is 301 Å². The molecule has 3 atom stereocenters. The molecule has 0 aliphatic rings. The molecule has 1 heterocycles. The smallest absolute Gasteiger partial charge is 0.332 e. The van der Waals surface area contributed by atoms with Gasteiger partial charge < -0.3 is 39.7 Å². The highest BCUT2D eigenvalue weighted by Crippen LogP contribution is 2.29. The van der Waals surface area contributed by atoms with Crippen molar-refractivity contribution in [2.75, 3.05) is 20.1 Å². The van der Waals surface area contributed by atoms with Crippen molar-refractivity contribution < 1.29 is 62.5 Å². The van der Waals surface area contributed by atoms with E-state index in [1.807, 2.05) is 6.92 Å². The number of carboxylic acids is 1. The van der Waals surface area contributed by atoms with E-state index in [9.17, 15) is 43.9 Å². The molecule has 4 amide bonds. The van der Waals surface area contributed by atoms with Gasteiger partial charge in [0.15, 0.2) is 5.76 Å². The predicted molar refractivity (Wildman–Crippen MR) is 183 cm³/mol. The zero-order valence-electron chi connectivity index (χ0n) is 30.0. The van der Waals surface area contributed by atoms with Crippen LogP contribution in [0.25, 0.3) is 11.3 Å².